The molecule has 0 radical (unpaired) electrons. The highest BCUT2D eigenvalue weighted by Gasteiger charge is 2.15. The minimum absolute atomic E-state index is 0.141. The molecule has 0 aliphatic rings. The SMILES string of the molecule is C#CCOc1ccc(CCNC(=O)c2ccc(S(=O)(=O)NCC(C)C)cc2)cc1. The number of carbonyl (C=O) groups is 1. The van der Waals surface area contributed by atoms with Crippen LogP contribution in [-0.2, 0) is 16.4 Å². The third kappa shape index (κ3) is 7.26. The number of hydrogen-bond acceptors (Lipinski definition) is 4. The van der Waals surface area contributed by atoms with Crippen molar-refractivity contribution in [2.45, 2.75) is 25.2 Å². The van der Waals surface area contributed by atoms with E-state index >= 15 is 0 Å². The van der Waals surface area contributed by atoms with Gasteiger partial charge in [0.1, 0.15) is 12.4 Å². The summed E-state index contributed by atoms with van der Waals surface area (Å²) in [7, 11) is -3.56. The fraction of sp³-hybridized carbons (Fsp3) is 0.318. The van der Waals surface area contributed by atoms with Crippen molar-refractivity contribution in [1.29, 1.82) is 0 Å². The monoisotopic (exact) mass is 414 g/mol. The van der Waals surface area contributed by atoms with Crippen LogP contribution in [0.2, 0.25) is 0 Å². The topological polar surface area (TPSA) is 84.5 Å². The van der Waals surface area contributed by atoms with Crippen LogP contribution in [-0.4, -0.2) is 34.0 Å². The van der Waals surface area contributed by atoms with Crippen molar-refractivity contribution in [1.82, 2.24) is 10.0 Å². The van der Waals surface area contributed by atoms with E-state index in [-0.39, 0.29) is 23.3 Å². The maximum Gasteiger partial charge on any atom is 0.251 e. The lowest BCUT2D eigenvalue weighted by molar-refractivity contribution is 0.0954. The van der Waals surface area contributed by atoms with Crippen LogP contribution in [0.1, 0.15) is 29.8 Å². The number of ether oxygens (including phenoxy) is 1. The van der Waals surface area contributed by atoms with Gasteiger partial charge in [0.15, 0.2) is 0 Å². The zero-order valence-corrected chi connectivity index (χ0v) is 17.5. The smallest absolute Gasteiger partial charge is 0.251 e. The molecule has 0 aliphatic heterocycles. The van der Waals surface area contributed by atoms with E-state index in [1.165, 1.54) is 24.3 Å². The van der Waals surface area contributed by atoms with Gasteiger partial charge in [0.05, 0.1) is 4.90 Å². The number of nitrogens with one attached hydrogen (secondary N) is 2. The van der Waals surface area contributed by atoms with E-state index in [4.69, 9.17) is 11.2 Å². The van der Waals surface area contributed by atoms with E-state index in [0.717, 1.165) is 5.56 Å². The fourth-order valence-electron chi connectivity index (χ4n) is 2.44. The summed E-state index contributed by atoms with van der Waals surface area (Å²) < 4.78 is 32.3. The molecule has 0 atom stereocenters. The van der Waals surface area contributed by atoms with Crippen LogP contribution in [0.3, 0.4) is 0 Å². The van der Waals surface area contributed by atoms with Crippen molar-refractivity contribution in [2.75, 3.05) is 19.7 Å². The Morgan fingerprint density at radius 1 is 1.10 bits per heavy atom. The Labute approximate surface area is 172 Å². The van der Waals surface area contributed by atoms with E-state index in [0.29, 0.717) is 30.8 Å². The molecule has 0 spiro atoms. The first-order valence-electron chi connectivity index (χ1n) is 9.35. The zero-order chi connectivity index (χ0) is 21.3. The van der Waals surface area contributed by atoms with E-state index in [2.05, 4.69) is 16.0 Å². The summed E-state index contributed by atoms with van der Waals surface area (Å²) in [5.74, 6) is 3.07. The molecule has 0 fully saturated rings. The lowest BCUT2D eigenvalue weighted by Gasteiger charge is -2.10. The van der Waals surface area contributed by atoms with Crippen molar-refractivity contribution in [3.8, 4) is 18.1 Å². The van der Waals surface area contributed by atoms with Gasteiger partial charge in [-0.1, -0.05) is 31.9 Å². The lowest BCUT2D eigenvalue weighted by atomic mass is 10.1. The molecule has 0 bridgehead atoms. The molecule has 29 heavy (non-hydrogen) atoms. The molecule has 6 nitrogen and oxygen atoms in total. The molecule has 2 rings (SSSR count). The number of sulfonamides is 1. The molecule has 154 valence electrons. The van der Waals surface area contributed by atoms with Crippen molar-refractivity contribution >= 4 is 15.9 Å². The molecule has 0 saturated carbocycles. The van der Waals surface area contributed by atoms with Crippen molar-refractivity contribution < 1.29 is 17.9 Å². The molecular formula is C22H26N2O4S. The number of rotatable bonds is 10. The first kappa shape index (κ1) is 22.5. The number of terminal acetylenes is 1. The molecule has 2 aromatic rings. The maximum atomic E-state index is 12.3. The summed E-state index contributed by atoms with van der Waals surface area (Å²) in [5.41, 5.74) is 1.46. The molecule has 1 amide bonds. The van der Waals surface area contributed by atoms with Crippen LogP contribution in [0.5, 0.6) is 5.75 Å². The Hall–Kier alpha value is -2.82. The van der Waals surface area contributed by atoms with Gasteiger partial charge in [0.2, 0.25) is 10.0 Å². The van der Waals surface area contributed by atoms with Crippen LogP contribution < -0.4 is 14.8 Å². The van der Waals surface area contributed by atoms with Crippen LogP contribution in [0.25, 0.3) is 0 Å². The summed E-state index contributed by atoms with van der Waals surface area (Å²) in [6, 6.07) is 13.4. The largest absolute Gasteiger partial charge is 0.481 e. The van der Waals surface area contributed by atoms with Gasteiger partial charge in [-0.25, -0.2) is 13.1 Å². The average molecular weight is 415 g/mol. The highest BCUT2D eigenvalue weighted by molar-refractivity contribution is 7.89. The second-order valence-corrected chi connectivity index (χ2v) is 8.68. The first-order valence-corrected chi connectivity index (χ1v) is 10.8. The quantitative estimate of drug-likeness (QED) is 0.586. The predicted molar refractivity (Wildman–Crippen MR) is 113 cm³/mol. The zero-order valence-electron chi connectivity index (χ0n) is 16.6. The molecule has 7 heteroatoms. The molecular weight excluding hydrogens is 388 g/mol. The highest BCUT2D eigenvalue weighted by atomic mass is 32.2. The van der Waals surface area contributed by atoms with Crippen molar-refractivity contribution in [3.05, 3.63) is 59.7 Å². The number of amides is 1. The highest BCUT2D eigenvalue weighted by Crippen LogP contribution is 2.13. The lowest BCUT2D eigenvalue weighted by Crippen LogP contribution is -2.28. The Morgan fingerprint density at radius 2 is 1.76 bits per heavy atom. The fourth-order valence-corrected chi connectivity index (χ4v) is 3.66. The van der Waals surface area contributed by atoms with Gasteiger partial charge < -0.3 is 10.1 Å². The maximum absolute atomic E-state index is 12.3. The molecule has 0 aromatic heterocycles. The average Bonchev–Trinajstić information content (AvgIpc) is 2.72. The van der Waals surface area contributed by atoms with E-state index in [1.54, 1.807) is 0 Å². The van der Waals surface area contributed by atoms with Crippen LogP contribution in [0.4, 0.5) is 0 Å². The van der Waals surface area contributed by atoms with Crippen LogP contribution in [0.15, 0.2) is 53.4 Å². The third-order valence-electron chi connectivity index (χ3n) is 4.05. The summed E-state index contributed by atoms with van der Waals surface area (Å²) in [4.78, 5) is 12.4. The van der Waals surface area contributed by atoms with Crippen molar-refractivity contribution in [3.63, 3.8) is 0 Å². The minimum Gasteiger partial charge on any atom is -0.481 e. The van der Waals surface area contributed by atoms with Gasteiger partial charge in [0.25, 0.3) is 5.91 Å². The number of benzene rings is 2. The standard InChI is InChI=1S/C22H26N2O4S/c1-4-15-28-20-9-5-18(6-10-20)13-14-23-22(25)19-7-11-21(12-8-19)29(26,27)24-16-17(2)3/h1,5-12,17,24H,13-16H2,2-3H3,(H,23,25). The minimum atomic E-state index is -3.56. The second-order valence-electron chi connectivity index (χ2n) is 6.91. The summed E-state index contributed by atoms with van der Waals surface area (Å²) in [6.45, 7) is 4.90. The molecule has 0 heterocycles. The van der Waals surface area contributed by atoms with Crippen LogP contribution in [0, 0.1) is 18.3 Å². The van der Waals surface area contributed by atoms with Gasteiger partial charge >= 0.3 is 0 Å². The molecule has 2 aromatic carbocycles. The molecule has 2 N–H and O–H groups in total. The van der Waals surface area contributed by atoms with E-state index in [1.807, 2.05) is 38.1 Å². The Kier molecular flexibility index (Phi) is 8.25. The molecule has 0 aliphatic carbocycles. The van der Waals surface area contributed by atoms with Gasteiger partial charge in [-0.15, -0.1) is 6.42 Å². The number of carbonyl (C=O) groups excluding carboxylic acids is 1. The van der Waals surface area contributed by atoms with E-state index in [9.17, 15) is 13.2 Å². The Balaban J connectivity index is 1.85. The van der Waals surface area contributed by atoms with Crippen LogP contribution >= 0.6 is 0 Å². The third-order valence-corrected chi connectivity index (χ3v) is 5.49. The van der Waals surface area contributed by atoms with Gasteiger partial charge in [-0.05, 0) is 54.3 Å². The van der Waals surface area contributed by atoms with Gasteiger partial charge in [-0.2, -0.15) is 0 Å². The molecule has 0 unspecified atom stereocenters. The summed E-state index contributed by atoms with van der Waals surface area (Å²) in [6.07, 6.45) is 5.81. The van der Waals surface area contributed by atoms with Gasteiger partial charge in [0, 0.05) is 18.7 Å². The number of hydrogen-bond donors (Lipinski definition) is 2. The first-order chi connectivity index (χ1) is 13.8. The Bertz CT molecular complexity index is 944. The normalized spacial score (nSPS) is 11.1. The van der Waals surface area contributed by atoms with Crippen molar-refractivity contribution in [2.24, 2.45) is 5.92 Å². The van der Waals surface area contributed by atoms with E-state index < -0.39 is 10.0 Å². The summed E-state index contributed by atoms with van der Waals surface area (Å²) in [5, 5.41) is 2.83. The second kappa shape index (κ2) is 10.6. The molecule has 0 saturated heterocycles. The Morgan fingerprint density at radius 3 is 2.34 bits per heavy atom. The predicted octanol–water partition coefficient (Wildman–Crippen LogP) is 2.61. The summed E-state index contributed by atoms with van der Waals surface area (Å²) >= 11 is 0. The van der Waals surface area contributed by atoms with Gasteiger partial charge in [-0.3, -0.25) is 4.79 Å².